The van der Waals surface area contributed by atoms with Crippen molar-refractivity contribution >= 4 is 28.6 Å². The van der Waals surface area contributed by atoms with E-state index in [0.29, 0.717) is 17.6 Å². The molecule has 214 valence electrons. The highest BCUT2D eigenvalue weighted by molar-refractivity contribution is 6.13. The van der Waals surface area contributed by atoms with Gasteiger partial charge in [-0.3, -0.25) is 0 Å². The van der Waals surface area contributed by atoms with Crippen molar-refractivity contribution in [2.75, 3.05) is 0 Å². The van der Waals surface area contributed by atoms with E-state index < -0.39 is 0 Å². The van der Waals surface area contributed by atoms with Gasteiger partial charge in [0.1, 0.15) is 0 Å². The molecule has 5 heteroatoms. The van der Waals surface area contributed by atoms with Crippen LogP contribution in [0.3, 0.4) is 0 Å². The molecule has 0 spiro atoms. The highest BCUT2D eigenvalue weighted by Crippen LogP contribution is 2.43. The van der Waals surface area contributed by atoms with Crippen LogP contribution in [-0.4, -0.2) is 25.2 Å². The van der Waals surface area contributed by atoms with Crippen LogP contribution in [0, 0.1) is 0 Å². The molecule has 0 bridgehead atoms. The van der Waals surface area contributed by atoms with E-state index in [0.717, 1.165) is 28.1 Å². The van der Waals surface area contributed by atoms with Crippen LogP contribution in [0.25, 0.3) is 45.4 Å². The normalized spacial score (nSPS) is 18.1. The molecule has 2 aliphatic rings. The Labute approximate surface area is 262 Å². The first-order valence-electron chi connectivity index (χ1n) is 15.2. The predicted molar refractivity (Wildman–Crippen MR) is 184 cm³/mol. The molecule has 2 heterocycles. The summed E-state index contributed by atoms with van der Waals surface area (Å²) in [7, 11) is 0. The van der Waals surface area contributed by atoms with E-state index in [1.165, 1.54) is 27.7 Å². The molecule has 8 rings (SSSR count). The third-order valence-corrected chi connectivity index (χ3v) is 8.40. The third kappa shape index (κ3) is 4.85. The Bertz CT molecular complexity index is 2140. The van der Waals surface area contributed by atoms with Crippen molar-refractivity contribution in [1.29, 1.82) is 0 Å². The predicted octanol–water partition coefficient (Wildman–Crippen LogP) is 9.48. The van der Waals surface area contributed by atoms with Gasteiger partial charge in [0.2, 0.25) is 0 Å². The van der Waals surface area contributed by atoms with Crippen LogP contribution in [0.5, 0.6) is 0 Å². The maximum atomic E-state index is 5.08. The Morgan fingerprint density at radius 2 is 1.20 bits per heavy atom. The molecule has 0 radical (unpaired) electrons. The number of fused-ring (bicyclic) bond motifs is 3. The number of benzene rings is 4. The SMILES string of the molecule is CC1/C(=C2/C=CC=C/C2=N\c2nc(-c3ccccc3)nc(-c3ccccc3)n2)C=Cc2c1n(-c1ccccc1)c1ccccc21. The number of hydrogen-bond donors (Lipinski definition) is 0. The highest BCUT2D eigenvalue weighted by atomic mass is 15.1. The largest absolute Gasteiger partial charge is 0.312 e. The van der Waals surface area contributed by atoms with Crippen molar-refractivity contribution in [3.63, 3.8) is 0 Å². The standard InChI is InChI=1S/C40H29N5/c1-27-31(25-26-34-33-22-12-14-24-36(33)45(37(27)34)30-19-9-4-10-20-30)32-21-11-13-23-35(32)41-40-43-38(28-15-5-2-6-16-28)42-39(44-40)29-17-7-3-8-18-29/h2-27H,1H3/b32-31-,41-35+. The summed E-state index contributed by atoms with van der Waals surface area (Å²) in [6.07, 6.45) is 12.8. The van der Waals surface area contributed by atoms with Gasteiger partial charge in [0.05, 0.1) is 11.2 Å². The molecule has 2 aromatic heterocycles. The molecule has 6 aromatic rings. The minimum Gasteiger partial charge on any atom is -0.312 e. The second kappa shape index (κ2) is 11.3. The average Bonchev–Trinajstić information content (AvgIpc) is 3.45. The Balaban J connectivity index is 1.29. The summed E-state index contributed by atoms with van der Waals surface area (Å²) < 4.78 is 2.41. The van der Waals surface area contributed by atoms with Gasteiger partial charge >= 0.3 is 0 Å². The second-order valence-corrected chi connectivity index (χ2v) is 11.1. The maximum absolute atomic E-state index is 5.08. The summed E-state index contributed by atoms with van der Waals surface area (Å²) in [4.78, 5) is 19.6. The molecule has 4 aromatic carbocycles. The van der Waals surface area contributed by atoms with Crippen LogP contribution in [0.15, 0.2) is 162 Å². The summed E-state index contributed by atoms with van der Waals surface area (Å²) in [5.74, 6) is 1.67. The Hall–Kier alpha value is -5.94. The number of rotatable bonds is 4. The number of nitrogens with zero attached hydrogens (tertiary/aromatic N) is 5. The van der Waals surface area contributed by atoms with E-state index in [4.69, 9.17) is 19.9 Å². The van der Waals surface area contributed by atoms with Crippen molar-refractivity contribution in [2.45, 2.75) is 12.8 Å². The van der Waals surface area contributed by atoms with Gasteiger partial charge in [-0.05, 0) is 29.8 Å². The molecule has 1 atom stereocenters. The molecule has 5 nitrogen and oxygen atoms in total. The van der Waals surface area contributed by atoms with E-state index in [-0.39, 0.29) is 5.92 Å². The molecule has 0 amide bonds. The Morgan fingerprint density at radius 1 is 0.600 bits per heavy atom. The molecular formula is C40H29N5. The lowest BCUT2D eigenvalue weighted by Crippen LogP contribution is -2.14. The lowest BCUT2D eigenvalue weighted by Gasteiger charge is -2.25. The molecule has 0 N–H and O–H groups in total. The van der Waals surface area contributed by atoms with Crippen LogP contribution >= 0.6 is 0 Å². The fourth-order valence-corrected chi connectivity index (χ4v) is 6.30. The monoisotopic (exact) mass is 579 g/mol. The van der Waals surface area contributed by atoms with Gasteiger partial charge in [0.15, 0.2) is 11.6 Å². The van der Waals surface area contributed by atoms with Crippen molar-refractivity contribution in [3.8, 4) is 28.5 Å². The minimum atomic E-state index is 0.104. The molecule has 1 unspecified atom stereocenters. The van der Waals surface area contributed by atoms with Gasteiger partial charge in [-0.1, -0.05) is 134 Å². The van der Waals surface area contributed by atoms with Crippen LogP contribution in [0.4, 0.5) is 5.95 Å². The third-order valence-electron chi connectivity index (χ3n) is 8.40. The zero-order valence-corrected chi connectivity index (χ0v) is 24.7. The quantitative estimate of drug-likeness (QED) is 0.209. The fraction of sp³-hybridized carbons (Fsp3) is 0.0500. The lowest BCUT2D eigenvalue weighted by atomic mass is 9.83. The topological polar surface area (TPSA) is 56.0 Å². The highest BCUT2D eigenvalue weighted by Gasteiger charge is 2.28. The Kier molecular flexibility index (Phi) is 6.69. The number of allylic oxidation sites excluding steroid dienone is 7. The van der Waals surface area contributed by atoms with Crippen molar-refractivity contribution < 1.29 is 0 Å². The van der Waals surface area contributed by atoms with Crippen LogP contribution in [0.2, 0.25) is 0 Å². The first-order chi connectivity index (χ1) is 22.2. The van der Waals surface area contributed by atoms with Gasteiger partial charge in [-0.25, -0.2) is 9.98 Å². The summed E-state index contributed by atoms with van der Waals surface area (Å²) in [6, 6.07) is 39.2. The zero-order valence-electron chi connectivity index (χ0n) is 24.7. The van der Waals surface area contributed by atoms with Crippen LogP contribution < -0.4 is 0 Å². The first kappa shape index (κ1) is 26.7. The number of aromatic nitrogens is 4. The van der Waals surface area contributed by atoms with Crippen molar-refractivity contribution in [1.82, 2.24) is 19.5 Å². The van der Waals surface area contributed by atoms with Crippen LogP contribution in [-0.2, 0) is 0 Å². The van der Waals surface area contributed by atoms with Gasteiger partial charge in [0.25, 0.3) is 5.95 Å². The molecular weight excluding hydrogens is 550 g/mol. The summed E-state index contributed by atoms with van der Waals surface area (Å²) in [6.45, 7) is 2.29. The Morgan fingerprint density at radius 3 is 1.89 bits per heavy atom. The molecule has 0 fully saturated rings. The van der Waals surface area contributed by atoms with Gasteiger partial charge < -0.3 is 4.57 Å². The van der Waals surface area contributed by atoms with Gasteiger partial charge in [0, 0.05) is 44.9 Å². The van der Waals surface area contributed by atoms with Crippen LogP contribution in [0.1, 0.15) is 24.1 Å². The molecule has 0 saturated heterocycles. The van der Waals surface area contributed by atoms with E-state index >= 15 is 0 Å². The smallest absolute Gasteiger partial charge is 0.254 e. The molecule has 2 aliphatic carbocycles. The van der Waals surface area contributed by atoms with Gasteiger partial charge in [-0.2, -0.15) is 9.97 Å². The van der Waals surface area contributed by atoms with Crippen molar-refractivity contribution in [3.05, 3.63) is 168 Å². The molecule has 45 heavy (non-hydrogen) atoms. The first-order valence-corrected chi connectivity index (χ1v) is 15.2. The van der Waals surface area contributed by atoms with E-state index in [2.05, 4.69) is 90.4 Å². The lowest BCUT2D eigenvalue weighted by molar-refractivity contribution is 0.826. The van der Waals surface area contributed by atoms with Gasteiger partial charge in [-0.15, -0.1) is 0 Å². The maximum Gasteiger partial charge on any atom is 0.254 e. The summed E-state index contributed by atoms with van der Waals surface area (Å²) in [5.41, 5.74) is 9.80. The van der Waals surface area contributed by atoms with E-state index in [9.17, 15) is 0 Å². The minimum absolute atomic E-state index is 0.104. The number of hydrogen-bond acceptors (Lipinski definition) is 4. The molecule has 0 saturated carbocycles. The fourth-order valence-electron chi connectivity index (χ4n) is 6.30. The van der Waals surface area contributed by atoms with E-state index in [1.54, 1.807) is 0 Å². The number of aliphatic imine (C=N–C) groups is 1. The summed E-state index contributed by atoms with van der Waals surface area (Å²) >= 11 is 0. The average molecular weight is 580 g/mol. The zero-order chi connectivity index (χ0) is 30.2. The number of para-hydroxylation sites is 2. The molecule has 0 aliphatic heterocycles. The second-order valence-electron chi connectivity index (χ2n) is 11.1. The van der Waals surface area contributed by atoms with Crippen molar-refractivity contribution in [2.24, 2.45) is 4.99 Å². The summed E-state index contributed by atoms with van der Waals surface area (Å²) in [5, 5.41) is 1.25. The van der Waals surface area contributed by atoms with E-state index in [1.807, 2.05) is 72.8 Å².